The molecule has 0 saturated heterocycles. The first-order valence-corrected chi connectivity index (χ1v) is 8.07. The maximum absolute atomic E-state index is 12.4. The second-order valence-electron chi connectivity index (χ2n) is 6.38. The van der Waals surface area contributed by atoms with E-state index in [9.17, 15) is 4.79 Å². The fourth-order valence-electron chi connectivity index (χ4n) is 3.28. The average Bonchev–Trinajstić information content (AvgIpc) is 2.97. The van der Waals surface area contributed by atoms with Crippen molar-refractivity contribution >= 4 is 16.8 Å². The molecule has 2 N–H and O–H groups in total. The van der Waals surface area contributed by atoms with Crippen molar-refractivity contribution in [2.24, 2.45) is 11.0 Å². The molecule has 1 amide bonds. The van der Waals surface area contributed by atoms with Crippen molar-refractivity contribution in [2.75, 3.05) is 6.54 Å². The van der Waals surface area contributed by atoms with Crippen molar-refractivity contribution in [2.45, 2.75) is 38.6 Å². The van der Waals surface area contributed by atoms with Gasteiger partial charge in [0.1, 0.15) is 5.69 Å². The number of amides is 1. The van der Waals surface area contributed by atoms with Crippen LogP contribution in [-0.2, 0) is 0 Å². The molecule has 23 heavy (non-hydrogen) atoms. The summed E-state index contributed by atoms with van der Waals surface area (Å²) in [4.78, 5) is 18.4. The maximum Gasteiger partial charge on any atom is 0.267 e. The highest BCUT2D eigenvalue weighted by Gasteiger charge is 2.22. The van der Waals surface area contributed by atoms with E-state index in [4.69, 9.17) is 5.53 Å². The number of carbonyl (C=O) groups is 1. The lowest BCUT2D eigenvalue weighted by Crippen LogP contribution is -2.38. The van der Waals surface area contributed by atoms with Crippen LogP contribution < -0.4 is 5.32 Å². The fraction of sp³-hybridized carbons (Fsp3) is 0.471. The summed E-state index contributed by atoms with van der Waals surface area (Å²) >= 11 is 0. The molecule has 1 aromatic heterocycles. The van der Waals surface area contributed by atoms with Gasteiger partial charge in [-0.2, -0.15) is 0 Å². The number of fused-ring (bicyclic) bond motifs is 1. The van der Waals surface area contributed by atoms with Gasteiger partial charge in [0.25, 0.3) is 5.91 Å². The summed E-state index contributed by atoms with van der Waals surface area (Å²) in [6.07, 6.45) is 3.87. The second kappa shape index (κ2) is 6.75. The van der Waals surface area contributed by atoms with Crippen LogP contribution in [0.3, 0.4) is 0 Å². The van der Waals surface area contributed by atoms with Gasteiger partial charge in [-0.1, -0.05) is 16.7 Å². The van der Waals surface area contributed by atoms with Gasteiger partial charge in [-0.05, 0) is 62.3 Å². The molecule has 0 atom stereocenters. The van der Waals surface area contributed by atoms with Crippen LogP contribution >= 0.6 is 0 Å². The molecule has 1 fully saturated rings. The van der Waals surface area contributed by atoms with Gasteiger partial charge in [-0.15, -0.1) is 0 Å². The van der Waals surface area contributed by atoms with E-state index in [0.29, 0.717) is 18.2 Å². The SMILES string of the molecule is Cc1ccc2[nH]c(C(=O)NC3CCC(CN=[N+]=[N-])CC3)cc2c1. The minimum absolute atomic E-state index is 0.0441. The molecule has 3 rings (SSSR count). The summed E-state index contributed by atoms with van der Waals surface area (Å²) < 4.78 is 0. The number of hydrogen-bond donors (Lipinski definition) is 2. The molecule has 0 unspecified atom stereocenters. The predicted octanol–water partition coefficient (Wildman–Crippen LogP) is 4.08. The minimum Gasteiger partial charge on any atom is -0.351 e. The first kappa shape index (κ1) is 15.4. The molecule has 6 heteroatoms. The van der Waals surface area contributed by atoms with Crippen LogP contribution in [0, 0.1) is 12.8 Å². The van der Waals surface area contributed by atoms with E-state index in [1.807, 2.05) is 25.1 Å². The lowest BCUT2D eigenvalue weighted by Gasteiger charge is -2.28. The third-order valence-electron chi connectivity index (χ3n) is 4.61. The van der Waals surface area contributed by atoms with E-state index in [1.54, 1.807) is 0 Å². The van der Waals surface area contributed by atoms with Crippen LogP contribution in [0.2, 0.25) is 0 Å². The smallest absolute Gasteiger partial charge is 0.267 e. The highest BCUT2D eigenvalue weighted by molar-refractivity contribution is 5.98. The molecule has 1 aliphatic carbocycles. The number of aromatic amines is 1. The highest BCUT2D eigenvalue weighted by atomic mass is 16.1. The summed E-state index contributed by atoms with van der Waals surface area (Å²) in [5, 5.41) is 7.83. The van der Waals surface area contributed by atoms with Crippen LogP contribution in [0.25, 0.3) is 21.3 Å². The van der Waals surface area contributed by atoms with Gasteiger partial charge >= 0.3 is 0 Å². The van der Waals surface area contributed by atoms with Crippen LogP contribution in [0.4, 0.5) is 0 Å². The van der Waals surface area contributed by atoms with Crippen molar-refractivity contribution in [3.05, 3.63) is 46.0 Å². The Morgan fingerprint density at radius 1 is 1.35 bits per heavy atom. The number of benzene rings is 1. The third-order valence-corrected chi connectivity index (χ3v) is 4.61. The number of carbonyl (C=O) groups excluding carboxylic acids is 1. The maximum atomic E-state index is 12.4. The van der Waals surface area contributed by atoms with E-state index < -0.39 is 0 Å². The number of nitrogens with zero attached hydrogens (tertiary/aromatic N) is 3. The first-order chi connectivity index (χ1) is 11.2. The van der Waals surface area contributed by atoms with Crippen LogP contribution in [0.15, 0.2) is 29.4 Å². The lowest BCUT2D eigenvalue weighted by atomic mass is 9.86. The zero-order valence-electron chi connectivity index (χ0n) is 13.2. The van der Waals surface area contributed by atoms with Crippen molar-refractivity contribution in [1.82, 2.24) is 10.3 Å². The van der Waals surface area contributed by atoms with Gasteiger partial charge in [0, 0.05) is 28.4 Å². The molecule has 0 bridgehead atoms. The normalized spacial score (nSPS) is 20.9. The van der Waals surface area contributed by atoms with Crippen molar-refractivity contribution < 1.29 is 4.79 Å². The monoisotopic (exact) mass is 311 g/mol. The first-order valence-electron chi connectivity index (χ1n) is 8.07. The Morgan fingerprint density at radius 3 is 2.87 bits per heavy atom. The van der Waals surface area contributed by atoms with E-state index >= 15 is 0 Å². The average molecular weight is 311 g/mol. The van der Waals surface area contributed by atoms with E-state index in [2.05, 4.69) is 26.4 Å². The Hall–Kier alpha value is -2.46. The Bertz CT molecular complexity index is 751. The summed E-state index contributed by atoms with van der Waals surface area (Å²) in [7, 11) is 0. The molecule has 1 saturated carbocycles. The number of H-pyrrole nitrogens is 1. The summed E-state index contributed by atoms with van der Waals surface area (Å²) in [6.45, 7) is 2.61. The zero-order valence-corrected chi connectivity index (χ0v) is 13.2. The van der Waals surface area contributed by atoms with Crippen molar-refractivity contribution in [3.8, 4) is 0 Å². The standard InChI is InChI=1S/C17H21N5O/c1-11-2-7-15-13(8-11)9-16(21-15)17(23)20-14-5-3-12(4-6-14)10-19-22-18/h2,7-9,12,14,21H,3-6,10H2,1H3,(H,20,23). The van der Waals surface area contributed by atoms with Gasteiger partial charge in [-0.25, -0.2) is 0 Å². The van der Waals surface area contributed by atoms with E-state index in [-0.39, 0.29) is 11.9 Å². The number of rotatable bonds is 4. The van der Waals surface area contributed by atoms with E-state index in [1.165, 1.54) is 5.56 Å². The molecule has 0 spiro atoms. The molecule has 1 aromatic carbocycles. The van der Waals surface area contributed by atoms with Gasteiger partial charge in [0.15, 0.2) is 0 Å². The van der Waals surface area contributed by atoms with E-state index in [0.717, 1.165) is 36.6 Å². The zero-order chi connectivity index (χ0) is 16.2. The number of aryl methyl sites for hydroxylation is 1. The topological polar surface area (TPSA) is 93.6 Å². The van der Waals surface area contributed by atoms with Crippen LogP contribution in [-0.4, -0.2) is 23.5 Å². The largest absolute Gasteiger partial charge is 0.351 e. The summed E-state index contributed by atoms with van der Waals surface area (Å²) in [6, 6.07) is 8.22. The quantitative estimate of drug-likeness (QED) is 0.497. The molecule has 0 aliphatic heterocycles. The molecule has 1 heterocycles. The van der Waals surface area contributed by atoms with Gasteiger partial charge in [0.2, 0.25) is 0 Å². The minimum atomic E-state index is -0.0441. The third kappa shape index (κ3) is 3.66. The Balaban J connectivity index is 1.59. The number of nitrogens with one attached hydrogen (secondary N) is 2. The van der Waals surface area contributed by atoms with Crippen LogP contribution in [0.5, 0.6) is 0 Å². The highest BCUT2D eigenvalue weighted by Crippen LogP contribution is 2.25. The Kier molecular flexibility index (Phi) is 4.53. The molecule has 0 radical (unpaired) electrons. The molecule has 6 nitrogen and oxygen atoms in total. The van der Waals surface area contributed by atoms with Gasteiger partial charge in [-0.3, -0.25) is 4.79 Å². The predicted molar refractivity (Wildman–Crippen MR) is 90.3 cm³/mol. The molecular weight excluding hydrogens is 290 g/mol. The number of azide groups is 1. The summed E-state index contributed by atoms with van der Waals surface area (Å²) in [5.41, 5.74) is 11.1. The Labute approximate surface area is 134 Å². The Morgan fingerprint density at radius 2 is 2.13 bits per heavy atom. The second-order valence-corrected chi connectivity index (χ2v) is 6.38. The van der Waals surface area contributed by atoms with Crippen LogP contribution in [0.1, 0.15) is 41.7 Å². The molecule has 2 aromatic rings. The summed E-state index contributed by atoms with van der Waals surface area (Å²) in [5.74, 6) is 0.410. The molecular formula is C17H21N5O. The molecule has 1 aliphatic rings. The number of hydrogen-bond acceptors (Lipinski definition) is 2. The number of aromatic nitrogens is 1. The van der Waals surface area contributed by atoms with Gasteiger partial charge in [0.05, 0.1) is 0 Å². The van der Waals surface area contributed by atoms with Crippen molar-refractivity contribution in [3.63, 3.8) is 0 Å². The lowest BCUT2D eigenvalue weighted by molar-refractivity contribution is 0.0918. The van der Waals surface area contributed by atoms with Gasteiger partial charge < -0.3 is 10.3 Å². The van der Waals surface area contributed by atoms with Crippen molar-refractivity contribution in [1.29, 1.82) is 0 Å². The fourth-order valence-corrected chi connectivity index (χ4v) is 3.28. The molecule has 120 valence electrons.